The summed E-state index contributed by atoms with van der Waals surface area (Å²) in [5, 5.41) is 6.20. The van der Waals surface area contributed by atoms with Crippen molar-refractivity contribution < 1.29 is 9.18 Å². The van der Waals surface area contributed by atoms with Crippen LogP contribution in [0.1, 0.15) is 31.2 Å². The van der Waals surface area contributed by atoms with E-state index in [1.165, 1.54) is 12.3 Å². The van der Waals surface area contributed by atoms with Gasteiger partial charge < -0.3 is 16.4 Å². The number of carbonyl (C=O) groups is 1. The second kappa shape index (κ2) is 9.84. The normalized spacial score (nSPS) is 16.0. The van der Waals surface area contributed by atoms with Crippen LogP contribution in [0.2, 0.25) is 0 Å². The number of anilines is 2. The zero-order valence-electron chi connectivity index (χ0n) is 17.5. The van der Waals surface area contributed by atoms with Crippen LogP contribution in [-0.2, 0) is 11.3 Å². The summed E-state index contributed by atoms with van der Waals surface area (Å²) in [6, 6.07) is 6.59. The minimum Gasteiger partial charge on any atom is -0.405 e. The molecule has 0 unspecified atom stereocenters. The maximum absolute atomic E-state index is 13.9. The van der Waals surface area contributed by atoms with Crippen molar-refractivity contribution in [3.63, 3.8) is 0 Å². The van der Waals surface area contributed by atoms with Crippen LogP contribution in [0.5, 0.6) is 0 Å². The van der Waals surface area contributed by atoms with Crippen molar-refractivity contribution in [3.8, 4) is 0 Å². The quantitative estimate of drug-likeness (QED) is 0.781. The van der Waals surface area contributed by atoms with Crippen molar-refractivity contribution >= 4 is 23.1 Å². The molecule has 162 valence electrons. The lowest BCUT2D eigenvalue weighted by atomic mass is 10.1. The number of nitrogens with zero attached hydrogens (tertiary/aromatic N) is 5. The Bertz CT molecular complexity index is 1030. The summed E-state index contributed by atoms with van der Waals surface area (Å²) in [4.78, 5) is 22.2. The number of rotatable bonds is 4. The van der Waals surface area contributed by atoms with Crippen LogP contribution < -0.4 is 16.4 Å². The van der Waals surface area contributed by atoms with Crippen LogP contribution >= 0.6 is 0 Å². The molecular weight excluding hydrogens is 397 g/mol. The molecule has 1 amide bonds. The molecule has 1 aromatic carbocycles. The third-order valence-corrected chi connectivity index (χ3v) is 4.83. The van der Waals surface area contributed by atoms with Gasteiger partial charge in [0.1, 0.15) is 17.2 Å². The van der Waals surface area contributed by atoms with Gasteiger partial charge in [-0.25, -0.2) is 14.4 Å². The number of allylic oxidation sites excluding steroid dienone is 1. The SMILES string of the molecule is C/C=C\N.C=C1CN(Cc2ccccc2F)N=C1c1ncc(N2CCCC2=O)c(N)n1. The number of hydrazone groups is 1. The first-order chi connectivity index (χ1) is 14.9. The third kappa shape index (κ3) is 5.06. The number of benzene rings is 1. The van der Waals surface area contributed by atoms with Gasteiger partial charge >= 0.3 is 0 Å². The summed E-state index contributed by atoms with van der Waals surface area (Å²) in [7, 11) is 0. The van der Waals surface area contributed by atoms with Crippen LogP contribution in [0.4, 0.5) is 15.9 Å². The Morgan fingerprint density at radius 2 is 2.06 bits per heavy atom. The first-order valence-corrected chi connectivity index (χ1v) is 9.95. The predicted octanol–water partition coefficient (Wildman–Crippen LogP) is 2.58. The lowest BCUT2D eigenvalue weighted by molar-refractivity contribution is -0.117. The maximum atomic E-state index is 13.9. The highest BCUT2D eigenvalue weighted by Gasteiger charge is 2.27. The van der Waals surface area contributed by atoms with Gasteiger partial charge in [0, 0.05) is 18.5 Å². The zero-order valence-corrected chi connectivity index (χ0v) is 17.5. The van der Waals surface area contributed by atoms with Gasteiger partial charge in [-0.1, -0.05) is 30.9 Å². The van der Waals surface area contributed by atoms with E-state index in [-0.39, 0.29) is 17.5 Å². The lowest BCUT2D eigenvalue weighted by Gasteiger charge is -2.17. The first-order valence-electron chi connectivity index (χ1n) is 9.95. The van der Waals surface area contributed by atoms with Gasteiger partial charge in [0.15, 0.2) is 11.6 Å². The molecule has 0 saturated carbocycles. The fraction of sp³-hybridized carbons (Fsp3) is 0.273. The fourth-order valence-corrected chi connectivity index (χ4v) is 3.27. The summed E-state index contributed by atoms with van der Waals surface area (Å²) in [6.45, 7) is 7.29. The number of aromatic nitrogens is 2. The standard InChI is InChI=1S/C19H19FN6O.C3H7N/c1-12-10-25(11-13-5-2-3-6-14(13)20)24-17(12)19-22-9-15(18(21)23-19)26-8-4-7-16(26)27;1-2-3-4/h2-3,5-6,9H,1,4,7-8,10-11H2,(H2,21,22,23);2-3H,4H2,1H3/b;3-2-. The van der Waals surface area contributed by atoms with Crippen molar-refractivity contribution in [3.05, 3.63) is 72.1 Å². The van der Waals surface area contributed by atoms with E-state index in [0.717, 1.165) is 12.0 Å². The Balaban J connectivity index is 0.000000628. The number of carbonyl (C=O) groups excluding carboxylic acids is 1. The zero-order chi connectivity index (χ0) is 22.4. The van der Waals surface area contributed by atoms with E-state index in [1.807, 2.05) is 6.92 Å². The average molecular weight is 423 g/mol. The molecule has 4 N–H and O–H groups in total. The lowest BCUT2D eigenvalue weighted by Crippen LogP contribution is -2.26. The Morgan fingerprint density at radius 1 is 1.32 bits per heavy atom. The van der Waals surface area contributed by atoms with Crippen molar-refractivity contribution in [1.82, 2.24) is 15.0 Å². The van der Waals surface area contributed by atoms with Crippen LogP contribution in [0.25, 0.3) is 0 Å². The maximum Gasteiger partial charge on any atom is 0.227 e. The monoisotopic (exact) mass is 423 g/mol. The molecule has 1 saturated heterocycles. The van der Waals surface area contributed by atoms with E-state index in [0.29, 0.717) is 48.8 Å². The molecular formula is C22H26FN7O. The number of hydrogen-bond donors (Lipinski definition) is 2. The smallest absolute Gasteiger partial charge is 0.227 e. The van der Waals surface area contributed by atoms with Gasteiger partial charge in [-0.2, -0.15) is 5.10 Å². The topological polar surface area (TPSA) is 114 Å². The van der Waals surface area contributed by atoms with Gasteiger partial charge in [-0.15, -0.1) is 0 Å². The summed E-state index contributed by atoms with van der Waals surface area (Å²) in [5.41, 5.74) is 13.2. The van der Waals surface area contributed by atoms with Crippen molar-refractivity contribution in [2.75, 3.05) is 23.7 Å². The molecule has 31 heavy (non-hydrogen) atoms. The number of hydrogen-bond acceptors (Lipinski definition) is 7. The summed E-state index contributed by atoms with van der Waals surface area (Å²) in [6.07, 6.45) is 6.14. The van der Waals surface area contributed by atoms with E-state index in [2.05, 4.69) is 21.6 Å². The predicted molar refractivity (Wildman–Crippen MR) is 120 cm³/mol. The molecule has 9 heteroatoms. The molecule has 3 heterocycles. The molecule has 4 rings (SSSR count). The van der Waals surface area contributed by atoms with E-state index >= 15 is 0 Å². The number of nitrogens with two attached hydrogens (primary N) is 2. The number of halogens is 1. The minimum absolute atomic E-state index is 0.0247. The summed E-state index contributed by atoms with van der Waals surface area (Å²) >= 11 is 0. The summed E-state index contributed by atoms with van der Waals surface area (Å²) < 4.78 is 13.9. The van der Waals surface area contributed by atoms with Crippen LogP contribution in [0.15, 0.2) is 60.0 Å². The van der Waals surface area contributed by atoms with Crippen LogP contribution in [0.3, 0.4) is 0 Å². The number of amides is 1. The molecule has 0 atom stereocenters. The van der Waals surface area contributed by atoms with Crippen LogP contribution in [-0.4, -0.2) is 39.7 Å². The van der Waals surface area contributed by atoms with Gasteiger partial charge in [-0.05, 0) is 31.2 Å². The van der Waals surface area contributed by atoms with Crippen molar-refractivity contribution in [1.29, 1.82) is 0 Å². The van der Waals surface area contributed by atoms with Crippen LogP contribution in [0, 0.1) is 5.82 Å². The number of nitrogen functional groups attached to an aromatic ring is 1. The Morgan fingerprint density at radius 3 is 2.68 bits per heavy atom. The molecule has 2 aliphatic heterocycles. The highest BCUT2D eigenvalue weighted by molar-refractivity contribution is 6.11. The highest BCUT2D eigenvalue weighted by atomic mass is 19.1. The van der Waals surface area contributed by atoms with E-state index in [1.54, 1.807) is 40.4 Å². The van der Waals surface area contributed by atoms with E-state index in [4.69, 9.17) is 11.5 Å². The second-order valence-corrected chi connectivity index (χ2v) is 7.11. The van der Waals surface area contributed by atoms with E-state index < -0.39 is 0 Å². The molecule has 2 aromatic rings. The second-order valence-electron chi connectivity index (χ2n) is 7.11. The van der Waals surface area contributed by atoms with Gasteiger partial charge in [0.25, 0.3) is 0 Å². The average Bonchev–Trinajstić information content (AvgIpc) is 3.35. The van der Waals surface area contributed by atoms with Crippen molar-refractivity contribution in [2.45, 2.75) is 26.3 Å². The molecule has 1 aromatic heterocycles. The molecule has 8 nitrogen and oxygen atoms in total. The van der Waals surface area contributed by atoms with E-state index in [9.17, 15) is 9.18 Å². The summed E-state index contributed by atoms with van der Waals surface area (Å²) in [5.74, 6) is 0.339. The minimum atomic E-state index is -0.271. The third-order valence-electron chi connectivity index (χ3n) is 4.83. The van der Waals surface area contributed by atoms with Gasteiger partial charge in [0.05, 0.1) is 19.3 Å². The van der Waals surface area contributed by atoms with Crippen molar-refractivity contribution in [2.24, 2.45) is 10.8 Å². The Kier molecular flexibility index (Phi) is 6.96. The molecule has 2 aliphatic rings. The van der Waals surface area contributed by atoms with Gasteiger partial charge in [-0.3, -0.25) is 9.80 Å². The Labute approximate surface area is 180 Å². The first kappa shape index (κ1) is 21.9. The molecule has 1 fully saturated rings. The molecule has 0 aliphatic carbocycles. The molecule has 0 radical (unpaired) electrons. The molecule has 0 bridgehead atoms. The van der Waals surface area contributed by atoms with Gasteiger partial charge in [0.2, 0.25) is 5.91 Å². The highest BCUT2D eigenvalue weighted by Crippen LogP contribution is 2.26. The Hall–Kier alpha value is -3.75. The largest absolute Gasteiger partial charge is 0.405 e. The molecule has 0 spiro atoms. The fourth-order valence-electron chi connectivity index (χ4n) is 3.27.